The Kier molecular flexibility index (Phi) is 9.29. The van der Waals surface area contributed by atoms with Gasteiger partial charge in [0.15, 0.2) is 0 Å². The quantitative estimate of drug-likeness (QED) is 0.110. The van der Waals surface area contributed by atoms with Crippen LogP contribution in [0, 0.1) is 24.7 Å². The van der Waals surface area contributed by atoms with Gasteiger partial charge >= 0.3 is 0 Å². The number of aromatic nitrogens is 4. The van der Waals surface area contributed by atoms with Crippen molar-refractivity contribution in [1.82, 2.24) is 25.3 Å². The van der Waals surface area contributed by atoms with Crippen LogP contribution in [-0.2, 0) is 6.54 Å². The fourth-order valence-corrected chi connectivity index (χ4v) is 6.69. The number of aldehydes is 1. The number of hydrogen-bond donors (Lipinski definition) is 2. The predicted molar refractivity (Wildman–Crippen MR) is 184 cm³/mol. The van der Waals surface area contributed by atoms with Crippen molar-refractivity contribution >= 4 is 29.9 Å². The molecule has 2 aromatic heterocycles. The molecule has 0 spiro atoms. The van der Waals surface area contributed by atoms with E-state index in [0.29, 0.717) is 41.4 Å². The summed E-state index contributed by atoms with van der Waals surface area (Å²) in [5.41, 5.74) is 6.50. The number of ether oxygens (including phenoxy) is 1. The first kappa shape index (κ1) is 31.9. The van der Waals surface area contributed by atoms with Crippen LogP contribution in [0.4, 0.5) is 11.6 Å². The Hall–Kier alpha value is -4.02. The first-order chi connectivity index (χ1) is 22.1. The molecule has 4 aromatic rings. The highest BCUT2D eigenvalue weighted by Gasteiger charge is 2.39. The van der Waals surface area contributed by atoms with Crippen LogP contribution in [-0.4, -0.2) is 52.0 Å². The van der Waals surface area contributed by atoms with Gasteiger partial charge in [0.05, 0.1) is 30.3 Å². The average Bonchev–Trinajstić information content (AvgIpc) is 3.76. The Bertz CT molecular complexity index is 1660. The van der Waals surface area contributed by atoms with Crippen LogP contribution >= 0.6 is 11.9 Å². The maximum absolute atomic E-state index is 11.3. The van der Waals surface area contributed by atoms with Crippen LogP contribution < -0.4 is 19.7 Å². The molecule has 0 bridgehead atoms. The van der Waals surface area contributed by atoms with E-state index in [1.165, 1.54) is 24.8 Å². The van der Waals surface area contributed by atoms with E-state index in [1.54, 1.807) is 6.07 Å². The van der Waals surface area contributed by atoms with Crippen molar-refractivity contribution in [2.45, 2.75) is 71.4 Å². The first-order valence-electron chi connectivity index (χ1n) is 15.9. The maximum atomic E-state index is 11.3. The van der Waals surface area contributed by atoms with Gasteiger partial charge in [0.1, 0.15) is 18.7 Å². The molecule has 240 valence electrons. The number of carbonyl (C=O) groups excluding carboxylic acids is 1. The second-order valence-electron chi connectivity index (χ2n) is 13.9. The summed E-state index contributed by atoms with van der Waals surface area (Å²) < 4.78 is 9.71. The molecule has 1 unspecified atom stereocenters. The van der Waals surface area contributed by atoms with Crippen LogP contribution in [0.1, 0.15) is 67.3 Å². The summed E-state index contributed by atoms with van der Waals surface area (Å²) in [6.07, 6.45) is 8.16. The summed E-state index contributed by atoms with van der Waals surface area (Å²) in [6, 6.07) is 15.7. The summed E-state index contributed by atoms with van der Waals surface area (Å²) in [7, 11) is 0. The van der Waals surface area contributed by atoms with Gasteiger partial charge in [-0.05, 0) is 79.1 Å². The van der Waals surface area contributed by atoms with Gasteiger partial charge in [-0.1, -0.05) is 51.1 Å². The molecular weight excluding hydrogens is 595 g/mol. The smallest absolute Gasteiger partial charge is 0.237 e. The third-order valence-corrected chi connectivity index (χ3v) is 9.59. The van der Waals surface area contributed by atoms with E-state index in [9.17, 15) is 4.79 Å². The minimum Gasteiger partial charge on any atom is -0.476 e. The summed E-state index contributed by atoms with van der Waals surface area (Å²) >= 11 is 1.36. The standard InChI is InChI=1S/C36H43N7O2S/c1-24-8-6-9-25(2)33(24)30-15-32(41-34(40-30)42-46-29-11-7-10-26(14-29)20-44)45-21-27(16-36(5)12-13-36)37-19-31-38-17-28(18-39-31)43-22-35(3,4)23-43/h6-11,14-15,17-18,20,27,37H,12-13,16,19,21-23H2,1-5H3,(H,40,41,42). The number of carbonyl (C=O) groups is 1. The highest BCUT2D eigenvalue weighted by Crippen LogP contribution is 2.49. The summed E-state index contributed by atoms with van der Waals surface area (Å²) in [5, 5.41) is 3.67. The van der Waals surface area contributed by atoms with E-state index in [2.05, 4.69) is 77.7 Å². The molecule has 1 saturated carbocycles. The monoisotopic (exact) mass is 637 g/mol. The summed E-state index contributed by atoms with van der Waals surface area (Å²) in [4.78, 5) is 33.4. The van der Waals surface area contributed by atoms with Gasteiger partial charge < -0.3 is 15.0 Å². The number of rotatable bonds is 14. The second kappa shape index (κ2) is 13.4. The molecule has 0 amide bonds. The molecule has 2 fully saturated rings. The highest BCUT2D eigenvalue weighted by molar-refractivity contribution is 8.00. The van der Waals surface area contributed by atoms with Gasteiger partial charge in [0.2, 0.25) is 11.8 Å². The topological polar surface area (TPSA) is 105 Å². The number of aryl methyl sites for hydroxylation is 2. The van der Waals surface area contributed by atoms with E-state index in [0.717, 1.165) is 64.6 Å². The Morgan fingerprint density at radius 2 is 1.72 bits per heavy atom. The van der Waals surface area contributed by atoms with Crippen LogP contribution in [0.25, 0.3) is 11.3 Å². The number of nitrogens with one attached hydrogen (secondary N) is 2. The molecule has 46 heavy (non-hydrogen) atoms. The SMILES string of the molecule is Cc1cccc(C)c1-c1cc(OCC(CC2(C)CC2)NCc2ncc(N3CC(C)(C)C3)cn2)nc(NSc2cccc(C=O)c2)n1. The zero-order chi connectivity index (χ0) is 32.3. The molecule has 0 radical (unpaired) electrons. The van der Waals surface area contributed by atoms with Crippen LogP contribution in [0.3, 0.4) is 0 Å². The molecule has 3 heterocycles. The minimum atomic E-state index is 0.0995. The van der Waals surface area contributed by atoms with Gasteiger partial charge in [-0.3, -0.25) is 9.52 Å². The van der Waals surface area contributed by atoms with Gasteiger partial charge in [0, 0.05) is 41.2 Å². The van der Waals surface area contributed by atoms with Gasteiger partial charge in [-0.15, -0.1) is 0 Å². The lowest BCUT2D eigenvalue weighted by molar-refractivity contribution is 0.112. The zero-order valence-corrected chi connectivity index (χ0v) is 28.2. The molecule has 6 rings (SSSR count). The van der Waals surface area contributed by atoms with Crippen molar-refractivity contribution in [3.63, 3.8) is 0 Å². The highest BCUT2D eigenvalue weighted by atomic mass is 32.2. The Morgan fingerprint density at radius 3 is 2.39 bits per heavy atom. The molecule has 2 aromatic carbocycles. The second-order valence-corrected chi connectivity index (χ2v) is 14.7. The van der Waals surface area contributed by atoms with Crippen molar-refractivity contribution in [3.8, 4) is 17.1 Å². The van der Waals surface area contributed by atoms with E-state index in [-0.39, 0.29) is 6.04 Å². The summed E-state index contributed by atoms with van der Waals surface area (Å²) in [5.74, 6) is 1.72. The lowest BCUT2D eigenvalue weighted by Crippen LogP contribution is -2.53. The molecule has 2 aliphatic rings. The molecule has 1 saturated heterocycles. The summed E-state index contributed by atoms with van der Waals surface area (Å²) in [6.45, 7) is 14.2. The molecule has 10 heteroatoms. The fourth-order valence-electron chi connectivity index (χ4n) is 6.04. The van der Waals surface area contributed by atoms with Crippen LogP contribution in [0.5, 0.6) is 5.88 Å². The largest absolute Gasteiger partial charge is 0.476 e. The Balaban J connectivity index is 1.17. The van der Waals surface area contributed by atoms with Crippen LogP contribution in [0.2, 0.25) is 0 Å². The molecular formula is C36H43N7O2S. The van der Waals surface area contributed by atoms with Crippen molar-refractivity contribution in [2.75, 3.05) is 29.3 Å². The van der Waals surface area contributed by atoms with Gasteiger partial charge in [0.25, 0.3) is 0 Å². The van der Waals surface area contributed by atoms with E-state index in [4.69, 9.17) is 14.7 Å². The van der Waals surface area contributed by atoms with E-state index in [1.807, 2.05) is 36.7 Å². The predicted octanol–water partition coefficient (Wildman–Crippen LogP) is 7.06. The lowest BCUT2D eigenvalue weighted by atomic mass is 9.84. The Labute approximate surface area is 276 Å². The molecule has 1 atom stereocenters. The van der Waals surface area contributed by atoms with Crippen molar-refractivity contribution in [3.05, 3.63) is 83.4 Å². The molecule has 2 N–H and O–H groups in total. The third kappa shape index (κ3) is 8.03. The van der Waals surface area contributed by atoms with Crippen LogP contribution in [0.15, 0.2) is 65.8 Å². The fraction of sp³-hybridized carbons (Fsp3) is 0.417. The zero-order valence-electron chi connectivity index (χ0n) is 27.3. The van der Waals surface area contributed by atoms with E-state index < -0.39 is 0 Å². The van der Waals surface area contributed by atoms with Crippen molar-refractivity contribution in [2.24, 2.45) is 10.8 Å². The maximum Gasteiger partial charge on any atom is 0.237 e. The number of nitrogens with zero attached hydrogens (tertiary/aromatic N) is 5. The minimum absolute atomic E-state index is 0.0995. The Morgan fingerprint density at radius 1 is 1.00 bits per heavy atom. The molecule has 9 nitrogen and oxygen atoms in total. The average molecular weight is 638 g/mol. The number of anilines is 2. The van der Waals surface area contributed by atoms with Gasteiger partial charge in [-0.25, -0.2) is 15.0 Å². The van der Waals surface area contributed by atoms with E-state index >= 15 is 0 Å². The van der Waals surface area contributed by atoms with Crippen molar-refractivity contribution in [1.29, 1.82) is 0 Å². The molecule has 1 aliphatic carbocycles. The van der Waals surface area contributed by atoms with Gasteiger partial charge in [-0.2, -0.15) is 4.98 Å². The number of benzene rings is 2. The lowest BCUT2D eigenvalue weighted by Gasteiger charge is -2.47. The van der Waals surface area contributed by atoms with Crippen molar-refractivity contribution < 1.29 is 9.53 Å². The third-order valence-electron chi connectivity index (χ3n) is 8.81. The number of hydrogen-bond acceptors (Lipinski definition) is 10. The normalized spacial score (nSPS) is 16.8. The molecule has 1 aliphatic heterocycles. The first-order valence-corrected chi connectivity index (χ1v) is 16.8.